The van der Waals surface area contributed by atoms with Crippen molar-refractivity contribution in [2.45, 2.75) is 69.5 Å². The van der Waals surface area contributed by atoms with Crippen LogP contribution < -0.4 is 5.32 Å². The summed E-state index contributed by atoms with van der Waals surface area (Å²) >= 11 is 0. The second kappa shape index (κ2) is 4.39. The third-order valence-corrected chi connectivity index (χ3v) is 4.94. The molecular weight excluding hydrogens is 244 g/mol. The van der Waals surface area contributed by atoms with Crippen LogP contribution in [-0.2, 0) is 4.79 Å². The second-order valence-corrected chi connectivity index (χ2v) is 6.72. The highest BCUT2D eigenvalue weighted by Gasteiger charge is 2.46. The number of aliphatic carboxylic acids is 1. The number of rotatable bonds is 3. The lowest BCUT2D eigenvalue weighted by atomic mass is 9.88. The number of carboxylic acids is 1. The molecule has 3 fully saturated rings. The number of hydrogen-bond donors (Lipinski definition) is 2. The summed E-state index contributed by atoms with van der Waals surface area (Å²) in [5.41, 5.74) is 0.0223. The first-order valence-electron chi connectivity index (χ1n) is 7.29. The Balaban J connectivity index is 1.62. The molecule has 2 saturated heterocycles. The van der Waals surface area contributed by atoms with E-state index in [-0.39, 0.29) is 36.0 Å². The third kappa shape index (κ3) is 2.55. The second-order valence-electron chi connectivity index (χ2n) is 6.72. The average molecular weight is 266 g/mol. The molecule has 0 radical (unpaired) electrons. The van der Waals surface area contributed by atoms with Crippen molar-refractivity contribution in [1.82, 2.24) is 10.2 Å². The molecule has 3 aliphatic rings. The van der Waals surface area contributed by atoms with E-state index in [2.05, 4.69) is 12.2 Å². The lowest BCUT2D eigenvalue weighted by Gasteiger charge is -2.39. The highest BCUT2D eigenvalue weighted by atomic mass is 16.4. The summed E-state index contributed by atoms with van der Waals surface area (Å²) in [6.07, 6.45) is 6.17. The SMILES string of the molecule is CC1(NC(=O)N2C3CCC2CC(CC(=O)O)C3)CC1. The predicted molar refractivity (Wildman–Crippen MR) is 69.8 cm³/mol. The number of carbonyl (C=O) groups is 2. The first-order valence-corrected chi connectivity index (χ1v) is 7.29. The number of urea groups is 1. The van der Waals surface area contributed by atoms with Crippen LogP contribution in [0.1, 0.15) is 51.9 Å². The van der Waals surface area contributed by atoms with Crippen molar-refractivity contribution in [2.75, 3.05) is 0 Å². The van der Waals surface area contributed by atoms with Gasteiger partial charge in [-0.05, 0) is 51.4 Å². The van der Waals surface area contributed by atoms with Crippen LogP contribution in [-0.4, -0.2) is 39.6 Å². The number of fused-ring (bicyclic) bond motifs is 2. The van der Waals surface area contributed by atoms with E-state index < -0.39 is 5.97 Å². The molecular formula is C14H22N2O3. The minimum atomic E-state index is -0.715. The predicted octanol–water partition coefficient (Wildman–Crippen LogP) is 1.97. The molecule has 106 valence electrons. The summed E-state index contributed by atoms with van der Waals surface area (Å²) < 4.78 is 0. The van der Waals surface area contributed by atoms with E-state index in [4.69, 9.17) is 5.11 Å². The van der Waals surface area contributed by atoms with E-state index in [0.29, 0.717) is 0 Å². The topological polar surface area (TPSA) is 69.6 Å². The Morgan fingerprint density at radius 2 is 1.84 bits per heavy atom. The maximum atomic E-state index is 12.3. The fourth-order valence-electron chi connectivity index (χ4n) is 3.67. The van der Waals surface area contributed by atoms with Crippen molar-refractivity contribution in [3.05, 3.63) is 0 Å². The molecule has 2 aliphatic heterocycles. The lowest BCUT2D eigenvalue weighted by Crippen LogP contribution is -2.53. The number of carboxylic acid groups (broad SMARTS) is 1. The Labute approximate surface area is 113 Å². The van der Waals surface area contributed by atoms with Crippen LogP contribution in [0.25, 0.3) is 0 Å². The lowest BCUT2D eigenvalue weighted by molar-refractivity contribution is -0.138. The normalized spacial score (nSPS) is 35.0. The molecule has 0 spiro atoms. The number of carbonyl (C=O) groups excluding carboxylic acids is 1. The van der Waals surface area contributed by atoms with Gasteiger partial charge in [-0.2, -0.15) is 0 Å². The maximum absolute atomic E-state index is 12.3. The highest BCUT2D eigenvalue weighted by molar-refractivity contribution is 5.77. The molecule has 0 aromatic heterocycles. The Kier molecular flexibility index (Phi) is 2.95. The third-order valence-electron chi connectivity index (χ3n) is 4.94. The van der Waals surface area contributed by atoms with E-state index >= 15 is 0 Å². The Hall–Kier alpha value is -1.26. The molecule has 0 aromatic rings. The molecule has 2 amide bonds. The summed E-state index contributed by atoms with van der Waals surface area (Å²) in [6.45, 7) is 2.09. The minimum Gasteiger partial charge on any atom is -0.481 e. The number of piperidine rings is 1. The van der Waals surface area contributed by atoms with Crippen LogP contribution in [0.3, 0.4) is 0 Å². The van der Waals surface area contributed by atoms with E-state index in [9.17, 15) is 9.59 Å². The first kappa shape index (κ1) is 12.8. The summed E-state index contributed by atoms with van der Waals surface area (Å²) in [6, 6.07) is 0.581. The summed E-state index contributed by atoms with van der Waals surface area (Å²) in [5, 5.41) is 12.0. The van der Waals surface area contributed by atoms with Crippen molar-refractivity contribution in [3.63, 3.8) is 0 Å². The monoisotopic (exact) mass is 266 g/mol. The quantitative estimate of drug-likeness (QED) is 0.820. The summed E-state index contributed by atoms with van der Waals surface area (Å²) in [4.78, 5) is 25.2. The van der Waals surface area contributed by atoms with Gasteiger partial charge in [-0.3, -0.25) is 4.79 Å². The van der Waals surface area contributed by atoms with Crippen LogP contribution in [0.2, 0.25) is 0 Å². The van der Waals surface area contributed by atoms with Gasteiger partial charge in [-0.25, -0.2) is 4.79 Å². The van der Waals surface area contributed by atoms with Crippen molar-refractivity contribution in [2.24, 2.45) is 5.92 Å². The van der Waals surface area contributed by atoms with E-state index in [0.717, 1.165) is 38.5 Å². The first-order chi connectivity index (χ1) is 8.97. The van der Waals surface area contributed by atoms with Crippen LogP contribution in [0.4, 0.5) is 4.79 Å². The molecule has 5 heteroatoms. The molecule has 19 heavy (non-hydrogen) atoms. The van der Waals surface area contributed by atoms with Gasteiger partial charge in [0, 0.05) is 24.0 Å². The molecule has 2 heterocycles. The van der Waals surface area contributed by atoms with Crippen molar-refractivity contribution < 1.29 is 14.7 Å². The van der Waals surface area contributed by atoms with Gasteiger partial charge in [0.15, 0.2) is 0 Å². The average Bonchev–Trinajstić information content (AvgIpc) is 2.95. The van der Waals surface area contributed by atoms with Crippen molar-refractivity contribution in [1.29, 1.82) is 0 Å². The van der Waals surface area contributed by atoms with Crippen LogP contribution in [0.5, 0.6) is 0 Å². The summed E-state index contributed by atoms with van der Waals surface area (Å²) in [7, 11) is 0. The van der Waals surface area contributed by atoms with Crippen molar-refractivity contribution >= 4 is 12.0 Å². The molecule has 1 aliphatic carbocycles. The fourth-order valence-corrected chi connectivity index (χ4v) is 3.67. The van der Waals surface area contributed by atoms with Crippen LogP contribution >= 0.6 is 0 Å². The van der Waals surface area contributed by atoms with Crippen LogP contribution in [0.15, 0.2) is 0 Å². The van der Waals surface area contributed by atoms with Crippen molar-refractivity contribution in [3.8, 4) is 0 Å². The smallest absolute Gasteiger partial charge is 0.318 e. The van der Waals surface area contributed by atoms with E-state index in [1.165, 1.54) is 0 Å². The fraction of sp³-hybridized carbons (Fsp3) is 0.857. The van der Waals surface area contributed by atoms with Gasteiger partial charge in [-0.1, -0.05) is 0 Å². The van der Waals surface area contributed by atoms with Gasteiger partial charge in [0.1, 0.15) is 0 Å². The Bertz CT molecular complexity index is 391. The Morgan fingerprint density at radius 3 is 2.32 bits per heavy atom. The minimum absolute atomic E-state index is 0.0223. The number of nitrogens with zero attached hydrogens (tertiary/aromatic N) is 1. The molecule has 2 atom stereocenters. The molecule has 2 N–H and O–H groups in total. The molecule has 2 bridgehead atoms. The number of amides is 2. The zero-order valence-electron chi connectivity index (χ0n) is 11.4. The van der Waals surface area contributed by atoms with Gasteiger partial charge in [0.25, 0.3) is 0 Å². The van der Waals surface area contributed by atoms with E-state index in [1.54, 1.807) is 0 Å². The highest BCUT2D eigenvalue weighted by Crippen LogP contribution is 2.41. The van der Waals surface area contributed by atoms with E-state index in [1.807, 2.05) is 4.90 Å². The number of hydrogen-bond acceptors (Lipinski definition) is 2. The Morgan fingerprint density at radius 1 is 1.26 bits per heavy atom. The molecule has 3 rings (SSSR count). The maximum Gasteiger partial charge on any atom is 0.318 e. The molecule has 0 aromatic carbocycles. The van der Waals surface area contributed by atoms with Gasteiger partial charge in [-0.15, -0.1) is 0 Å². The van der Waals surface area contributed by atoms with Gasteiger partial charge in [0.05, 0.1) is 0 Å². The van der Waals surface area contributed by atoms with Gasteiger partial charge >= 0.3 is 12.0 Å². The largest absolute Gasteiger partial charge is 0.481 e. The number of nitrogens with one attached hydrogen (secondary N) is 1. The molecule has 5 nitrogen and oxygen atoms in total. The molecule has 1 saturated carbocycles. The standard InChI is InChI=1S/C14H22N2O3/c1-14(4-5-14)15-13(19)16-10-2-3-11(16)7-9(6-10)8-12(17)18/h9-11H,2-8H2,1H3,(H,15,19)(H,17,18). The zero-order chi connectivity index (χ0) is 13.6. The van der Waals surface area contributed by atoms with Gasteiger partial charge < -0.3 is 15.3 Å². The molecule has 2 unspecified atom stereocenters. The zero-order valence-corrected chi connectivity index (χ0v) is 11.4. The van der Waals surface area contributed by atoms with Crippen LogP contribution in [0, 0.1) is 5.92 Å². The van der Waals surface area contributed by atoms with Gasteiger partial charge in [0.2, 0.25) is 0 Å². The summed E-state index contributed by atoms with van der Waals surface area (Å²) in [5.74, 6) is -0.469.